The topological polar surface area (TPSA) is 66.9 Å². The molecule has 0 saturated carbocycles. The molecule has 1 heterocycles. The number of nitrogens with one attached hydrogen (secondary N) is 2. The fourth-order valence-electron chi connectivity index (χ4n) is 2.00. The van der Waals surface area contributed by atoms with Crippen molar-refractivity contribution >= 4 is 29.1 Å². The molecule has 0 saturated heterocycles. The summed E-state index contributed by atoms with van der Waals surface area (Å²) >= 11 is 5.96. The zero-order valence-corrected chi connectivity index (χ0v) is 14.3. The van der Waals surface area contributed by atoms with E-state index in [-0.39, 0.29) is 5.91 Å². The minimum atomic E-state index is -0.190. The third-order valence-electron chi connectivity index (χ3n) is 3.17. The second-order valence-electron chi connectivity index (χ2n) is 5.79. The molecule has 0 radical (unpaired) electrons. The number of anilines is 2. The van der Waals surface area contributed by atoms with Crippen LogP contribution in [0.25, 0.3) is 0 Å². The minimum Gasteiger partial charge on any atom is -0.351 e. The van der Waals surface area contributed by atoms with E-state index in [1.165, 1.54) is 0 Å². The largest absolute Gasteiger partial charge is 0.351 e. The van der Waals surface area contributed by atoms with Gasteiger partial charge in [-0.25, -0.2) is 9.97 Å². The van der Waals surface area contributed by atoms with Crippen LogP contribution in [0, 0.1) is 12.8 Å². The smallest absolute Gasteiger partial charge is 0.270 e. The molecule has 2 rings (SSSR count). The highest BCUT2D eigenvalue weighted by atomic mass is 35.5. The second kappa shape index (κ2) is 7.92. The lowest BCUT2D eigenvalue weighted by Gasteiger charge is -2.10. The van der Waals surface area contributed by atoms with E-state index in [9.17, 15) is 4.79 Å². The van der Waals surface area contributed by atoms with Crippen LogP contribution >= 0.6 is 11.6 Å². The van der Waals surface area contributed by atoms with Crippen molar-refractivity contribution in [3.8, 4) is 0 Å². The number of halogens is 1. The first kappa shape index (κ1) is 17.2. The van der Waals surface area contributed by atoms with E-state index in [2.05, 4.69) is 34.4 Å². The SMILES string of the molecule is Cc1cc(C(=O)NCCC(C)C)nc(Nc2cccc(Cl)c2)n1. The Balaban J connectivity index is 2.10. The lowest BCUT2D eigenvalue weighted by Crippen LogP contribution is -2.26. The van der Waals surface area contributed by atoms with Gasteiger partial charge in [-0.3, -0.25) is 4.79 Å². The zero-order chi connectivity index (χ0) is 16.8. The summed E-state index contributed by atoms with van der Waals surface area (Å²) in [7, 11) is 0. The molecular weight excluding hydrogens is 312 g/mol. The highest BCUT2D eigenvalue weighted by Crippen LogP contribution is 2.18. The maximum Gasteiger partial charge on any atom is 0.270 e. The Bertz CT molecular complexity index is 688. The van der Waals surface area contributed by atoms with E-state index in [0.29, 0.717) is 29.1 Å². The number of rotatable bonds is 6. The highest BCUT2D eigenvalue weighted by Gasteiger charge is 2.10. The van der Waals surface area contributed by atoms with Crippen LogP contribution in [0.2, 0.25) is 5.02 Å². The molecule has 2 N–H and O–H groups in total. The minimum absolute atomic E-state index is 0.190. The van der Waals surface area contributed by atoms with E-state index in [1.807, 2.05) is 19.1 Å². The standard InChI is InChI=1S/C17H21ClN4O/c1-11(2)7-8-19-16(23)15-9-12(3)20-17(22-15)21-14-6-4-5-13(18)10-14/h4-6,9-11H,7-8H2,1-3H3,(H,19,23)(H,20,21,22). The first-order valence-corrected chi connectivity index (χ1v) is 7.98. The molecule has 0 aliphatic carbocycles. The normalized spacial score (nSPS) is 10.7. The first-order chi connectivity index (χ1) is 10.9. The van der Waals surface area contributed by atoms with Gasteiger partial charge in [-0.05, 0) is 43.5 Å². The van der Waals surface area contributed by atoms with E-state index < -0.39 is 0 Å². The summed E-state index contributed by atoms with van der Waals surface area (Å²) in [6, 6.07) is 8.93. The molecule has 1 amide bonds. The van der Waals surface area contributed by atoms with Crippen molar-refractivity contribution in [3.63, 3.8) is 0 Å². The molecule has 0 fully saturated rings. The summed E-state index contributed by atoms with van der Waals surface area (Å²) < 4.78 is 0. The summed E-state index contributed by atoms with van der Waals surface area (Å²) in [6.45, 7) is 6.70. The molecular formula is C17H21ClN4O. The van der Waals surface area contributed by atoms with Crippen LogP contribution in [0.4, 0.5) is 11.6 Å². The lowest BCUT2D eigenvalue weighted by molar-refractivity contribution is 0.0947. The average Bonchev–Trinajstić information content (AvgIpc) is 2.46. The van der Waals surface area contributed by atoms with Crippen molar-refractivity contribution in [1.82, 2.24) is 15.3 Å². The van der Waals surface area contributed by atoms with Gasteiger partial charge >= 0.3 is 0 Å². The highest BCUT2D eigenvalue weighted by molar-refractivity contribution is 6.30. The molecule has 1 aromatic heterocycles. The molecule has 23 heavy (non-hydrogen) atoms. The lowest BCUT2D eigenvalue weighted by atomic mass is 10.1. The Morgan fingerprint density at radius 3 is 2.74 bits per heavy atom. The van der Waals surface area contributed by atoms with Crippen LogP contribution < -0.4 is 10.6 Å². The number of aromatic nitrogens is 2. The van der Waals surface area contributed by atoms with Gasteiger partial charge in [0.1, 0.15) is 5.69 Å². The van der Waals surface area contributed by atoms with E-state index in [4.69, 9.17) is 11.6 Å². The monoisotopic (exact) mass is 332 g/mol. The van der Waals surface area contributed by atoms with Gasteiger partial charge in [0.05, 0.1) is 0 Å². The van der Waals surface area contributed by atoms with Crippen molar-refractivity contribution in [2.24, 2.45) is 5.92 Å². The number of carbonyl (C=O) groups excluding carboxylic acids is 1. The van der Waals surface area contributed by atoms with Gasteiger partial charge < -0.3 is 10.6 Å². The molecule has 0 aliphatic heterocycles. The van der Waals surface area contributed by atoms with Gasteiger partial charge in [0.25, 0.3) is 5.91 Å². The van der Waals surface area contributed by atoms with Gasteiger partial charge in [-0.2, -0.15) is 0 Å². The molecule has 122 valence electrons. The molecule has 1 aromatic carbocycles. The van der Waals surface area contributed by atoms with Gasteiger partial charge in [0.15, 0.2) is 0 Å². The molecule has 2 aromatic rings. The number of hydrogen-bond donors (Lipinski definition) is 2. The van der Waals surface area contributed by atoms with Gasteiger partial charge in [0.2, 0.25) is 5.95 Å². The third kappa shape index (κ3) is 5.53. The summed E-state index contributed by atoms with van der Waals surface area (Å²) in [5, 5.41) is 6.57. The van der Waals surface area contributed by atoms with Crippen molar-refractivity contribution in [2.45, 2.75) is 27.2 Å². The molecule has 5 nitrogen and oxygen atoms in total. The molecule has 0 aliphatic rings. The van der Waals surface area contributed by atoms with Crippen LogP contribution in [0.1, 0.15) is 36.5 Å². The van der Waals surface area contributed by atoms with Crippen molar-refractivity contribution in [3.05, 3.63) is 46.7 Å². The fraction of sp³-hybridized carbons (Fsp3) is 0.353. The molecule has 0 spiro atoms. The average molecular weight is 333 g/mol. The molecule has 0 bridgehead atoms. The molecule has 0 atom stereocenters. The number of aryl methyl sites for hydroxylation is 1. The maximum atomic E-state index is 12.2. The Morgan fingerprint density at radius 1 is 1.26 bits per heavy atom. The van der Waals surface area contributed by atoms with Crippen molar-refractivity contribution in [2.75, 3.05) is 11.9 Å². The van der Waals surface area contributed by atoms with Crippen LogP contribution in [0.15, 0.2) is 30.3 Å². The van der Waals surface area contributed by atoms with Crippen LogP contribution in [0.5, 0.6) is 0 Å². The predicted molar refractivity (Wildman–Crippen MR) is 93.3 cm³/mol. The quantitative estimate of drug-likeness (QED) is 0.840. The summed E-state index contributed by atoms with van der Waals surface area (Å²) in [6.07, 6.45) is 0.934. The number of nitrogens with zero attached hydrogens (tertiary/aromatic N) is 2. The first-order valence-electron chi connectivity index (χ1n) is 7.60. The predicted octanol–water partition coefficient (Wildman–Crippen LogP) is 3.96. The van der Waals surface area contributed by atoms with Gasteiger partial charge in [0, 0.05) is 22.9 Å². The Morgan fingerprint density at radius 2 is 2.04 bits per heavy atom. The summed E-state index contributed by atoms with van der Waals surface area (Å²) in [5.41, 5.74) is 1.85. The zero-order valence-electron chi connectivity index (χ0n) is 13.6. The molecule has 0 unspecified atom stereocenters. The van der Waals surface area contributed by atoms with Crippen LogP contribution in [-0.4, -0.2) is 22.4 Å². The van der Waals surface area contributed by atoms with E-state index in [0.717, 1.165) is 17.8 Å². The molecule has 6 heteroatoms. The van der Waals surface area contributed by atoms with Crippen molar-refractivity contribution in [1.29, 1.82) is 0 Å². The maximum absolute atomic E-state index is 12.2. The van der Waals surface area contributed by atoms with Crippen LogP contribution in [-0.2, 0) is 0 Å². The van der Waals surface area contributed by atoms with Gasteiger partial charge in [-0.1, -0.05) is 31.5 Å². The Hall–Kier alpha value is -2.14. The number of benzene rings is 1. The third-order valence-corrected chi connectivity index (χ3v) is 3.41. The Labute approximate surface area is 141 Å². The number of carbonyl (C=O) groups is 1. The second-order valence-corrected chi connectivity index (χ2v) is 6.23. The van der Waals surface area contributed by atoms with Crippen molar-refractivity contribution < 1.29 is 4.79 Å². The Kier molecular flexibility index (Phi) is 5.93. The van der Waals surface area contributed by atoms with Crippen LogP contribution in [0.3, 0.4) is 0 Å². The van der Waals surface area contributed by atoms with E-state index in [1.54, 1.807) is 18.2 Å². The number of amides is 1. The summed E-state index contributed by atoms with van der Waals surface area (Å²) in [4.78, 5) is 20.8. The summed E-state index contributed by atoms with van der Waals surface area (Å²) in [5.74, 6) is 0.731. The fourth-order valence-corrected chi connectivity index (χ4v) is 2.19. The van der Waals surface area contributed by atoms with E-state index >= 15 is 0 Å². The van der Waals surface area contributed by atoms with Gasteiger partial charge in [-0.15, -0.1) is 0 Å². The number of hydrogen-bond acceptors (Lipinski definition) is 4.